The van der Waals surface area contributed by atoms with Gasteiger partial charge < -0.3 is 11.1 Å². The number of halogens is 1. The van der Waals surface area contributed by atoms with Crippen LogP contribution in [0.25, 0.3) is 0 Å². The number of nitrogens with one attached hydrogen (secondary N) is 1. The molecule has 1 aliphatic carbocycles. The van der Waals surface area contributed by atoms with Crippen molar-refractivity contribution in [3.63, 3.8) is 0 Å². The molecule has 21 heavy (non-hydrogen) atoms. The van der Waals surface area contributed by atoms with E-state index in [1.165, 1.54) is 6.42 Å². The van der Waals surface area contributed by atoms with Crippen LogP contribution in [0.4, 0.5) is 0 Å². The minimum absolute atomic E-state index is 0.00996. The summed E-state index contributed by atoms with van der Waals surface area (Å²) in [7, 11) is 0. The number of benzene rings is 1. The van der Waals surface area contributed by atoms with Gasteiger partial charge in [0.15, 0.2) is 0 Å². The summed E-state index contributed by atoms with van der Waals surface area (Å²) in [4.78, 5) is 12.4. The maximum Gasteiger partial charge on any atom is 0.240 e. The standard InChI is InChI=1S/C17H25ClN2O/c1-16(2,13-6-8-14(18)9-7-13)12-20-15(21)17(19)10-4-3-5-11-17/h6-9H,3-5,10-12,19H2,1-2H3,(H,20,21). The topological polar surface area (TPSA) is 55.1 Å². The van der Waals surface area contributed by atoms with Crippen molar-refractivity contribution in [1.82, 2.24) is 5.32 Å². The fourth-order valence-electron chi connectivity index (χ4n) is 2.89. The van der Waals surface area contributed by atoms with Crippen LogP contribution in [0, 0.1) is 0 Å². The lowest BCUT2D eigenvalue weighted by Gasteiger charge is -2.34. The monoisotopic (exact) mass is 308 g/mol. The van der Waals surface area contributed by atoms with Gasteiger partial charge in [-0.1, -0.05) is 56.8 Å². The maximum absolute atomic E-state index is 12.4. The molecule has 0 spiro atoms. The number of hydrogen-bond donors (Lipinski definition) is 2. The van der Waals surface area contributed by atoms with Gasteiger partial charge in [0.25, 0.3) is 0 Å². The molecule has 2 rings (SSSR count). The molecule has 0 unspecified atom stereocenters. The van der Waals surface area contributed by atoms with Crippen molar-refractivity contribution in [1.29, 1.82) is 0 Å². The molecule has 3 nitrogen and oxygen atoms in total. The van der Waals surface area contributed by atoms with Gasteiger partial charge in [0, 0.05) is 17.0 Å². The number of hydrogen-bond acceptors (Lipinski definition) is 2. The van der Waals surface area contributed by atoms with Crippen molar-refractivity contribution in [2.24, 2.45) is 5.73 Å². The molecule has 0 saturated heterocycles. The predicted molar refractivity (Wildman–Crippen MR) is 87.5 cm³/mol. The van der Waals surface area contributed by atoms with Gasteiger partial charge in [-0.15, -0.1) is 0 Å². The first-order valence-electron chi connectivity index (χ1n) is 7.67. The highest BCUT2D eigenvalue weighted by Gasteiger charge is 2.36. The van der Waals surface area contributed by atoms with E-state index >= 15 is 0 Å². The normalized spacial score (nSPS) is 18.3. The zero-order chi connectivity index (χ0) is 15.5. The Kier molecular flexibility index (Phi) is 4.95. The van der Waals surface area contributed by atoms with Gasteiger partial charge in [-0.05, 0) is 30.5 Å². The molecule has 1 fully saturated rings. The molecular formula is C17H25ClN2O. The fourth-order valence-corrected chi connectivity index (χ4v) is 3.02. The van der Waals surface area contributed by atoms with E-state index in [9.17, 15) is 4.79 Å². The second-order valence-electron chi connectivity index (χ2n) is 6.79. The van der Waals surface area contributed by atoms with Gasteiger partial charge in [0.2, 0.25) is 5.91 Å². The molecule has 0 heterocycles. The van der Waals surface area contributed by atoms with Gasteiger partial charge in [-0.25, -0.2) is 0 Å². The first kappa shape index (κ1) is 16.3. The minimum Gasteiger partial charge on any atom is -0.354 e. The first-order valence-corrected chi connectivity index (χ1v) is 8.05. The van der Waals surface area contributed by atoms with E-state index in [1.807, 2.05) is 24.3 Å². The second-order valence-corrected chi connectivity index (χ2v) is 7.23. The molecule has 1 aromatic rings. The minimum atomic E-state index is -0.672. The summed E-state index contributed by atoms with van der Waals surface area (Å²) >= 11 is 5.92. The molecule has 1 aliphatic rings. The summed E-state index contributed by atoms with van der Waals surface area (Å²) < 4.78 is 0. The summed E-state index contributed by atoms with van der Waals surface area (Å²) in [6.45, 7) is 4.80. The Hall–Kier alpha value is -1.06. The van der Waals surface area contributed by atoms with Crippen LogP contribution in [0.3, 0.4) is 0 Å². The highest BCUT2D eigenvalue weighted by Crippen LogP contribution is 2.27. The fraction of sp³-hybridized carbons (Fsp3) is 0.588. The summed E-state index contributed by atoms with van der Waals surface area (Å²) in [5.41, 5.74) is 6.60. The van der Waals surface area contributed by atoms with Crippen LogP contribution in [0.1, 0.15) is 51.5 Å². The third-order valence-corrected chi connectivity index (χ3v) is 4.77. The number of nitrogens with two attached hydrogens (primary N) is 1. The summed E-state index contributed by atoms with van der Waals surface area (Å²) in [6.07, 6.45) is 4.86. The predicted octanol–water partition coefficient (Wildman–Crippen LogP) is 3.40. The summed E-state index contributed by atoms with van der Waals surface area (Å²) in [6, 6.07) is 7.78. The Bertz CT molecular complexity index is 490. The van der Waals surface area contributed by atoms with Gasteiger partial charge in [-0.3, -0.25) is 4.79 Å². The Labute approximate surface area is 132 Å². The quantitative estimate of drug-likeness (QED) is 0.895. The summed E-state index contributed by atoms with van der Waals surface area (Å²) in [5, 5.41) is 3.77. The molecule has 0 atom stereocenters. The molecule has 4 heteroatoms. The van der Waals surface area contributed by atoms with E-state index in [0.29, 0.717) is 6.54 Å². The average molecular weight is 309 g/mol. The van der Waals surface area contributed by atoms with Gasteiger partial charge in [0.1, 0.15) is 0 Å². The molecule has 1 aromatic carbocycles. The third kappa shape index (κ3) is 3.98. The third-order valence-electron chi connectivity index (χ3n) is 4.51. The van der Waals surface area contributed by atoms with Crippen molar-refractivity contribution in [2.75, 3.05) is 6.54 Å². The zero-order valence-corrected chi connectivity index (χ0v) is 13.7. The maximum atomic E-state index is 12.4. The Balaban J connectivity index is 1.97. The van der Waals surface area contributed by atoms with Crippen LogP contribution in [0.5, 0.6) is 0 Å². The Morgan fingerprint density at radius 1 is 1.24 bits per heavy atom. The SMILES string of the molecule is CC(C)(CNC(=O)C1(N)CCCCC1)c1ccc(Cl)cc1. The lowest BCUT2D eigenvalue weighted by atomic mass is 9.81. The van der Waals surface area contributed by atoms with Crippen molar-refractivity contribution in [2.45, 2.75) is 56.9 Å². The number of amides is 1. The molecular weight excluding hydrogens is 284 g/mol. The van der Waals surface area contributed by atoms with Crippen LogP contribution >= 0.6 is 11.6 Å². The van der Waals surface area contributed by atoms with Crippen LogP contribution < -0.4 is 11.1 Å². The Morgan fingerprint density at radius 3 is 2.38 bits per heavy atom. The molecule has 3 N–H and O–H groups in total. The average Bonchev–Trinajstić information content (AvgIpc) is 2.46. The molecule has 0 aromatic heterocycles. The number of rotatable bonds is 4. The van der Waals surface area contributed by atoms with Crippen molar-refractivity contribution in [3.05, 3.63) is 34.9 Å². The van der Waals surface area contributed by atoms with E-state index in [1.54, 1.807) is 0 Å². The highest BCUT2D eigenvalue weighted by atomic mass is 35.5. The molecule has 1 amide bonds. The van der Waals surface area contributed by atoms with Gasteiger partial charge >= 0.3 is 0 Å². The van der Waals surface area contributed by atoms with Crippen molar-refractivity contribution < 1.29 is 4.79 Å². The van der Waals surface area contributed by atoms with Gasteiger partial charge in [0.05, 0.1) is 5.54 Å². The van der Waals surface area contributed by atoms with E-state index in [0.717, 1.165) is 36.3 Å². The molecule has 0 aliphatic heterocycles. The van der Waals surface area contributed by atoms with Crippen molar-refractivity contribution >= 4 is 17.5 Å². The molecule has 0 radical (unpaired) electrons. The largest absolute Gasteiger partial charge is 0.354 e. The smallest absolute Gasteiger partial charge is 0.240 e. The van der Waals surface area contributed by atoms with Crippen LogP contribution in [-0.2, 0) is 10.2 Å². The first-order chi connectivity index (χ1) is 9.83. The van der Waals surface area contributed by atoms with E-state index in [2.05, 4.69) is 19.2 Å². The highest BCUT2D eigenvalue weighted by molar-refractivity contribution is 6.30. The lowest BCUT2D eigenvalue weighted by Crippen LogP contribution is -2.56. The summed E-state index contributed by atoms with van der Waals surface area (Å²) in [5.74, 6) is -0.00996. The van der Waals surface area contributed by atoms with Crippen LogP contribution in [-0.4, -0.2) is 18.0 Å². The van der Waals surface area contributed by atoms with Crippen LogP contribution in [0.2, 0.25) is 5.02 Å². The van der Waals surface area contributed by atoms with Crippen molar-refractivity contribution in [3.8, 4) is 0 Å². The van der Waals surface area contributed by atoms with Gasteiger partial charge in [-0.2, -0.15) is 0 Å². The second kappa shape index (κ2) is 6.37. The van der Waals surface area contributed by atoms with Crippen LogP contribution in [0.15, 0.2) is 24.3 Å². The molecule has 0 bridgehead atoms. The van der Waals surface area contributed by atoms with E-state index in [4.69, 9.17) is 17.3 Å². The molecule has 116 valence electrons. The number of carbonyl (C=O) groups is 1. The van der Waals surface area contributed by atoms with E-state index < -0.39 is 5.54 Å². The van der Waals surface area contributed by atoms with E-state index in [-0.39, 0.29) is 11.3 Å². The zero-order valence-electron chi connectivity index (χ0n) is 12.9. The molecule has 1 saturated carbocycles. The Morgan fingerprint density at radius 2 is 1.81 bits per heavy atom. The number of carbonyl (C=O) groups excluding carboxylic acids is 1. The lowest BCUT2D eigenvalue weighted by molar-refractivity contribution is -0.127.